The van der Waals surface area contributed by atoms with Crippen molar-refractivity contribution in [3.8, 4) is 5.69 Å². The van der Waals surface area contributed by atoms with Gasteiger partial charge in [-0.2, -0.15) is 5.10 Å². The van der Waals surface area contributed by atoms with E-state index in [-0.39, 0.29) is 11.5 Å². The number of fused-ring (bicyclic) bond motifs is 2. The molecule has 5 aromatic rings. The van der Waals surface area contributed by atoms with Crippen LogP contribution in [0.2, 0.25) is 0 Å². The maximum Gasteiger partial charge on any atom is 0.263 e. The largest absolute Gasteiger partial charge is 0.383 e. The van der Waals surface area contributed by atoms with Crippen LogP contribution in [0.15, 0.2) is 65.7 Å². The molecule has 5 rings (SSSR count). The minimum absolute atomic E-state index is 0.0449. The lowest BCUT2D eigenvalue weighted by Crippen LogP contribution is -2.24. The second-order valence-corrected chi connectivity index (χ2v) is 8.31. The van der Waals surface area contributed by atoms with E-state index >= 15 is 0 Å². The number of anilines is 1. The molecule has 2 aromatic carbocycles. The number of aryl methyl sites for hydroxylation is 1. The van der Waals surface area contributed by atoms with Crippen LogP contribution < -0.4 is 11.3 Å². The molecule has 7 heteroatoms. The van der Waals surface area contributed by atoms with Crippen LogP contribution in [0.3, 0.4) is 0 Å². The summed E-state index contributed by atoms with van der Waals surface area (Å²) in [6, 6.07) is 17.7. The fourth-order valence-electron chi connectivity index (χ4n) is 4.29. The van der Waals surface area contributed by atoms with E-state index in [2.05, 4.69) is 29.9 Å². The number of pyridine rings is 1. The summed E-state index contributed by atoms with van der Waals surface area (Å²) in [6.07, 6.45) is 1.45. The van der Waals surface area contributed by atoms with Crippen molar-refractivity contribution in [1.29, 1.82) is 0 Å². The molecule has 160 valence electrons. The topological polar surface area (TPSA) is 91.6 Å². The summed E-state index contributed by atoms with van der Waals surface area (Å²) >= 11 is 0. The second-order valence-electron chi connectivity index (χ2n) is 8.31. The fourth-order valence-corrected chi connectivity index (χ4v) is 4.29. The molecular weight excluding hydrogens is 400 g/mol. The Morgan fingerprint density at radius 3 is 2.53 bits per heavy atom. The first-order valence-corrected chi connectivity index (χ1v) is 10.6. The average Bonchev–Trinajstić information content (AvgIpc) is 3.14. The van der Waals surface area contributed by atoms with E-state index in [1.165, 1.54) is 6.33 Å². The van der Waals surface area contributed by atoms with Gasteiger partial charge in [-0.15, -0.1) is 0 Å². The molecule has 0 fully saturated rings. The lowest BCUT2D eigenvalue weighted by Gasteiger charge is -2.16. The molecule has 0 aliphatic carbocycles. The Morgan fingerprint density at radius 2 is 1.78 bits per heavy atom. The van der Waals surface area contributed by atoms with Gasteiger partial charge in [0.25, 0.3) is 5.56 Å². The minimum atomic E-state index is -0.0449. The van der Waals surface area contributed by atoms with Gasteiger partial charge in [0, 0.05) is 11.4 Å². The predicted octanol–water partition coefficient (Wildman–Crippen LogP) is 4.19. The van der Waals surface area contributed by atoms with Crippen LogP contribution >= 0.6 is 0 Å². The van der Waals surface area contributed by atoms with Crippen molar-refractivity contribution in [3.63, 3.8) is 0 Å². The third kappa shape index (κ3) is 3.13. The summed E-state index contributed by atoms with van der Waals surface area (Å²) < 4.78 is 3.58. The van der Waals surface area contributed by atoms with Crippen LogP contribution in [0, 0.1) is 6.92 Å². The van der Waals surface area contributed by atoms with E-state index in [4.69, 9.17) is 10.8 Å². The fraction of sp³-hybridized carbons (Fsp3) is 0.200. The molecule has 7 nitrogen and oxygen atoms in total. The minimum Gasteiger partial charge on any atom is -0.383 e. The SMILES string of the molecule is Cc1cccc2cc(Cn3nc(C(C)C)c4c(N)ncnc43)n(-c3ccccc3)c(=O)c12. The highest BCUT2D eigenvalue weighted by molar-refractivity contribution is 5.89. The molecule has 0 radical (unpaired) electrons. The molecule has 3 heterocycles. The quantitative estimate of drug-likeness (QED) is 0.467. The molecule has 0 aliphatic heterocycles. The van der Waals surface area contributed by atoms with Crippen LogP contribution in [0.25, 0.3) is 27.5 Å². The number of para-hydroxylation sites is 1. The molecule has 0 saturated carbocycles. The van der Waals surface area contributed by atoms with E-state index in [1.807, 2.05) is 60.1 Å². The van der Waals surface area contributed by atoms with Gasteiger partial charge in [0.15, 0.2) is 5.65 Å². The standard InChI is InChI=1S/C25H24N6O/c1-15(2)22-21-23(26)27-14-28-24(21)30(29-22)13-19-12-17-9-7-8-16(3)20(17)25(32)31(19)18-10-5-4-6-11-18/h4-12,14-15H,13H2,1-3H3,(H2,26,27,28). The van der Waals surface area contributed by atoms with Crippen LogP contribution in [0.1, 0.15) is 36.7 Å². The van der Waals surface area contributed by atoms with Crippen LogP contribution in [-0.4, -0.2) is 24.3 Å². The molecule has 0 aliphatic rings. The Labute approximate surface area is 185 Å². The Bertz CT molecular complexity index is 1520. The van der Waals surface area contributed by atoms with E-state index in [0.717, 1.165) is 38.8 Å². The Hall–Kier alpha value is -4.00. The molecule has 0 amide bonds. The lowest BCUT2D eigenvalue weighted by atomic mass is 10.1. The van der Waals surface area contributed by atoms with Crippen molar-refractivity contribution in [2.75, 3.05) is 5.73 Å². The zero-order chi connectivity index (χ0) is 22.4. The van der Waals surface area contributed by atoms with E-state index in [1.54, 1.807) is 4.57 Å². The highest BCUT2D eigenvalue weighted by atomic mass is 16.1. The third-order valence-electron chi connectivity index (χ3n) is 5.79. The van der Waals surface area contributed by atoms with Crippen LogP contribution in [0.5, 0.6) is 0 Å². The van der Waals surface area contributed by atoms with Crippen molar-refractivity contribution in [2.45, 2.75) is 33.2 Å². The first-order valence-electron chi connectivity index (χ1n) is 10.6. The van der Waals surface area contributed by atoms with Gasteiger partial charge in [-0.1, -0.05) is 50.2 Å². The molecular formula is C25H24N6O. The Kier molecular flexibility index (Phi) is 4.74. The van der Waals surface area contributed by atoms with E-state index in [9.17, 15) is 4.79 Å². The molecule has 0 unspecified atom stereocenters. The van der Waals surface area contributed by atoms with Gasteiger partial charge < -0.3 is 5.73 Å². The van der Waals surface area contributed by atoms with Gasteiger partial charge in [-0.05, 0) is 42.0 Å². The number of hydrogen-bond acceptors (Lipinski definition) is 5. The lowest BCUT2D eigenvalue weighted by molar-refractivity contribution is 0.646. The number of rotatable bonds is 4. The molecule has 0 bridgehead atoms. The Balaban J connectivity index is 1.79. The zero-order valence-corrected chi connectivity index (χ0v) is 18.3. The molecule has 0 spiro atoms. The van der Waals surface area contributed by atoms with Crippen LogP contribution in [-0.2, 0) is 6.54 Å². The predicted molar refractivity (Wildman–Crippen MR) is 127 cm³/mol. The number of nitrogens with two attached hydrogens (primary N) is 1. The van der Waals surface area contributed by atoms with E-state index in [0.29, 0.717) is 18.0 Å². The number of aromatic nitrogens is 5. The molecule has 0 saturated heterocycles. The van der Waals surface area contributed by atoms with Gasteiger partial charge >= 0.3 is 0 Å². The highest BCUT2D eigenvalue weighted by Gasteiger charge is 2.20. The number of nitrogen functional groups attached to an aromatic ring is 1. The normalized spacial score (nSPS) is 11.6. The molecule has 2 N–H and O–H groups in total. The zero-order valence-electron chi connectivity index (χ0n) is 18.3. The van der Waals surface area contributed by atoms with Gasteiger partial charge in [-0.25, -0.2) is 14.6 Å². The summed E-state index contributed by atoms with van der Waals surface area (Å²) in [6.45, 7) is 6.47. The summed E-state index contributed by atoms with van der Waals surface area (Å²) in [5.41, 5.74) is 10.2. The van der Waals surface area contributed by atoms with Crippen LogP contribution in [0.4, 0.5) is 5.82 Å². The average molecular weight is 425 g/mol. The van der Waals surface area contributed by atoms with Crippen molar-refractivity contribution >= 4 is 27.6 Å². The number of hydrogen-bond donors (Lipinski definition) is 1. The highest BCUT2D eigenvalue weighted by Crippen LogP contribution is 2.28. The van der Waals surface area contributed by atoms with Crippen molar-refractivity contribution in [3.05, 3.63) is 88.2 Å². The summed E-state index contributed by atoms with van der Waals surface area (Å²) in [5, 5.41) is 7.23. The molecule has 0 atom stereocenters. The molecule has 32 heavy (non-hydrogen) atoms. The number of nitrogens with zero attached hydrogens (tertiary/aromatic N) is 5. The van der Waals surface area contributed by atoms with E-state index < -0.39 is 0 Å². The smallest absolute Gasteiger partial charge is 0.263 e. The summed E-state index contributed by atoms with van der Waals surface area (Å²) in [7, 11) is 0. The van der Waals surface area contributed by atoms with Crippen molar-refractivity contribution in [1.82, 2.24) is 24.3 Å². The van der Waals surface area contributed by atoms with Gasteiger partial charge in [-0.3, -0.25) is 9.36 Å². The maximum atomic E-state index is 13.7. The maximum absolute atomic E-state index is 13.7. The van der Waals surface area contributed by atoms with Gasteiger partial charge in [0.1, 0.15) is 12.1 Å². The molecule has 3 aromatic heterocycles. The summed E-state index contributed by atoms with van der Waals surface area (Å²) in [5.74, 6) is 0.571. The summed E-state index contributed by atoms with van der Waals surface area (Å²) in [4.78, 5) is 22.3. The third-order valence-corrected chi connectivity index (χ3v) is 5.79. The van der Waals surface area contributed by atoms with Crippen molar-refractivity contribution < 1.29 is 0 Å². The Morgan fingerprint density at radius 1 is 1.00 bits per heavy atom. The van der Waals surface area contributed by atoms with Crippen molar-refractivity contribution in [2.24, 2.45) is 0 Å². The number of benzene rings is 2. The first kappa shape index (κ1) is 19.9. The van der Waals surface area contributed by atoms with Gasteiger partial charge in [0.2, 0.25) is 0 Å². The first-order chi connectivity index (χ1) is 15.5. The second kappa shape index (κ2) is 7.60. The monoisotopic (exact) mass is 424 g/mol. The van der Waals surface area contributed by atoms with Gasteiger partial charge in [0.05, 0.1) is 23.0 Å².